The van der Waals surface area contributed by atoms with Gasteiger partial charge in [-0.15, -0.1) is 0 Å². The summed E-state index contributed by atoms with van der Waals surface area (Å²) in [6.45, 7) is 6.04. The highest BCUT2D eigenvalue weighted by Crippen LogP contribution is 2.31. The number of methoxy groups -OCH3 is 3. The quantitative estimate of drug-likeness (QED) is 0.677. The van der Waals surface area contributed by atoms with Gasteiger partial charge in [-0.25, -0.2) is 0 Å². The van der Waals surface area contributed by atoms with E-state index in [1.54, 1.807) is 21.3 Å². The summed E-state index contributed by atoms with van der Waals surface area (Å²) in [7, 11) is -2.12. The van der Waals surface area contributed by atoms with E-state index in [1.165, 1.54) is 0 Å². The molecule has 0 amide bonds. The minimum absolute atomic E-state index is 0.495. The fourth-order valence-corrected chi connectivity index (χ4v) is 18.0. The van der Waals surface area contributed by atoms with E-state index < -0.39 is 25.7 Å². The average Bonchev–Trinajstić information content (AvgIpc) is 2.14. The highest BCUT2D eigenvalue weighted by Gasteiger charge is 2.57. The van der Waals surface area contributed by atoms with Crippen LogP contribution < -0.4 is 0 Å². The lowest BCUT2D eigenvalue weighted by Gasteiger charge is -2.49. The van der Waals surface area contributed by atoms with Gasteiger partial charge in [0.2, 0.25) is 0 Å². The third kappa shape index (κ3) is 4.21. The van der Waals surface area contributed by atoms with E-state index in [1.807, 2.05) is 19.6 Å². The predicted molar refractivity (Wildman–Crippen MR) is 73.7 cm³/mol. The van der Waals surface area contributed by atoms with Gasteiger partial charge in [0.1, 0.15) is 0 Å². The average molecular weight is 313 g/mol. The molecule has 6 nitrogen and oxygen atoms in total. The zero-order valence-electron chi connectivity index (χ0n) is 12.1. The van der Waals surface area contributed by atoms with Crippen LogP contribution in [0.4, 0.5) is 0 Å². The second-order valence-electron chi connectivity index (χ2n) is 5.01. The lowest BCUT2D eigenvalue weighted by molar-refractivity contribution is 0.123. The van der Waals surface area contributed by atoms with Crippen LogP contribution in [-0.2, 0) is 26.6 Å². The fraction of sp³-hybridized carbons (Fsp3) is 1.00. The molecule has 0 atom stereocenters. The first kappa shape index (κ1) is 16.5. The maximum atomic E-state index is 6.15. The largest absolute Gasteiger partial charge is 0.413 e. The van der Waals surface area contributed by atoms with Crippen molar-refractivity contribution in [3.05, 3.63) is 0 Å². The van der Waals surface area contributed by atoms with E-state index in [2.05, 4.69) is 0 Å². The van der Waals surface area contributed by atoms with E-state index in [0.29, 0.717) is 18.7 Å². The molecule has 0 radical (unpaired) electrons. The highest BCUT2D eigenvalue weighted by molar-refractivity contribution is 6.93. The Balaban J connectivity index is 2.91. The zero-order chi connectivity index (χ0) is 13.9. The normalized spacial score (nSPS) is 41.0. The van der Waals surface area contributed by atoms with Gasteiger partial charge in [-0.3, -0.25) is 0 Å². The first-order valence-electron chi connectivity index (χ1n) is 5.88. The van der Waals surface area contributed by atoms with Gasteiger partial charge in [0.15, 0.2) is 0 Å². The molecule has 108 valence electrons. The lowest BCUT2D eigenvalue weighted by Crippen LogP contribution is -2.71. The minimum atomic E-state index is -2.37. The summed E-state index contributed by atoms with van der Waals surface area (Å²) in [4.78, 5) is 0. The van der Waals surface area contributed by atoms with Crippen LogP contribution in [0, 0.1) is 0 Å². The molecule has 1 rings (SSSR count). The van der Waals surface area contributed by atoms with E-state index in [0.717, 1.165) is 0 Å². The van der Waals surface area contributed by atoms with Crippen LogP contribution in [0.3, 0.4) is 0 Å². The van der Waals surface area contributed by atoms with Crippen LogP contribution in [-0.4, -0.2) is 65.7 Å². The van der Waals surface area contributed by atoms with Crippen LogP contribution in [0.2, 0.25) is 19.6 Å². The first-order valence-corrected chi connectivity index (χ1v) is 13.4. The van der Waals surface area contributed by atoms with Crippen LogP contribution >= 0.6 is 0 Å². The van der Waals surface area contributed by atoms with Gasteiger partial charge in [0, 0.05) is 21.3 Å². The Morgan fingerprint density at radius 1 is 0.611 bits per heavy atom. The van der Waals surface area contributed by atoms with Crippen molar-refractivity contribution in [1.82, 2.24) is 0 Å². The molecule has 0 saturated carbocycles. The molecule has 1 heterocycles. The fourth-order valence-electron chi connectivity index (χ4n) is 2.40. The summed E-state index contributed by atoms with van der Waals surface area (Å²) in [5.41, 5.74) is 0. The molecule has 0 N–H and O–H groups in total. The number of ether oxygens (including phenoxy) is 3. The van der Waals surface area contributed by atoms with Crippen LogP contribution in [0.5, 0.6) is 0 Å². The summed E-state index contributed by atoms with van der Waals surface area (Å²) in [5.74, 6) is 0. The van der Waals surface area contributed by atoms with Crippen LogP contribution in [0.25, 0.3) is 0 Å². The molecule has 0 unspecified atom stereocenters. The maximum absolute atomic E-state index is 6.15. The molecule has 1 saturated heterocycles. The summed E-state index contributed by atoms with van der Waals surface area (Å²) >= 11 is 0. The Bertz CT molecular complexity index is 228. The monoisotopic (exact) mass is 312 g/mol. The molecule has 0 aliphatic carbocycles. The standard InChI is InChI=1S/C9H24O6Si3/c1-10-7-16(4)13-17(5,8-11-2)15-18(6,14-16)9-12-3/h7-9H2,1-6H3. The SMILES string of the molecule is COC[Si]1(C)O[Si](C)(COC)O[Si](C)(COC)O1. The van der Waals surface area contributed by atoms with E-state index in [9.17, 15) is 0 Å². The van der Waals surface area contributed by atoms with Crippen molar-refractivity contribution >= 4 is 25.7 Å². The molecule has 0 bridgehead atoms. The van der Waals surface area contributed by atoms with E-state index in [-0.39, 0.29) is 0 Å². The van der Waals surface area contributed by atoms with Crippen molar-refractivity contribution in [3.63, 3.8) is 0 Å². The topological polar surface area (TPSA) is 55.4 Å². The number of rotatable bonds is 6. The molecule has 0 aromatic carbocycles. The molecule has 9 heteroatoms. The minimum Gasteiger partial charge on any atom is -0.413 e. The van der Waals surface area contributed by atoms with Crippen molar-refractivity contribution in [2.75, 3.05) is 40.0 Å². The molecule has 0 aromatic heterocycles. The van der Waals surface area contributed by atoms with Crippen LogP contribution in [0.15, 0.2) is 0 Å². The predicted octanol–water partition coefficient (Wildman–Crippen LogP) is 0.823. The highest BCUT2D eigenvalue weighted by atomic mass is 28.5. The zero-order valence-corrected chi connectivity index (χ0v) is 15.1. The van der Waals surface area contributed by atoms with Gasteiger partial charge >= 0.3 is 25.7 Å². The van der Waals surface area contributed by atoms with Gasteiger partial charge in [-0.2, -0.15) is 0 Å². The Morgan fingerprint density at radius 2 is 0.833 bits per heavy atom. The van der Waals surface area contributed by atoms with Crippen LogP contribution in [0.1, 0.15) is 0 Å². The first-order chi connectivity index (χ1) is 8.30. The summed E-state index contributed by atoms with van der Waals surface area (Å²) in [6, 6.07) is 0. The van der Waals surface area contributed by atoms with Crippen molar-refractivity contribution in [1.29, 1.82) is 0 Å². The maximum Gasteiger partial charge on any atom is 0.344 e. The molecule has 1 aliphatic heterocycles. The summed E-state index contributed by atoms with van der Waals surface area (Å²) in [6.07, 6.45) is 1.49. The van der Waals surface area contributed by atoms with Gasteiger partial charge in [0.05, 0.1) is 18.7 Å². The molecule has 1 aliphatic rings. The summed E-state index contributed by atoms with van der Waals surface area (Å²) in [5, 5.41) is 0. The molecule has 18 heavy (non-hydrogen) atoms. The third-order valence-electron chi connectivity index (χ3n) is 2.51. The van der Waals surface area contributed by atoms with Gasteiger partial charge in [-0.1, -0.05) is 0 Å². The lowest BCUT2D eigenvalue weighted by atomic mass is 11.5. The Labute approximate surface area is 112 Å². The second kappa shape index (κ2) is 6.24. The van der Waals surface area contributed by atoms with Crippen molar-refractivity contribution in [2.24, 2.45) is 0 Å². The number of hydrogen-bond acceptors (Lipinski definition) is 6. The molecule has 0 spiro atoms. The van der Waals surface area contributed by atoms with Gasteiger partial charge in [0.25, 0.3) is 0 Å². The Hall–Kier alpha value is 0.411. The van der Waals surface area contributed by atoms with Gasteiger partial charge in [-0.05, 0) is 19.6 Å². The van der Waals surface area contributed by atoms with E-state index >= 15 is 0 Å². The third-order valence-corrected chi connectivity index (χ3v) is 15.3. The molecule has 1 fully saturated rings. The second-order valence-corrected chi connectivity index (χ2v) is 15.1. The molecular weight excluding hydrogens is 288 g/mol. The Kier molecular flexibility index (Phi) is 5.71. The summed E-state index contributed by atoms with van der Waals surface area (Å²) < 4.78 is 34.2. The van der Waals surface area contributed by atoms with E-state index in [4.69, 9.17) is 26.6 Å². The van der Waals surface area contributed by atoms with Crippen molar-refractivity contribution in [3.8, 4) is 0 Å². The van der Waals surface area contributed by atoms with Crippen molar-refractivity contribution in [2.45, 2.75) is 19.6 Å². The van der Waals surface area contributed by atoms with Gasteiger partial charge < -0.3 is 26.6 Å². The number of hydrogen-bond donors (Lipinski definition) is 0. The smallest absolute Gasteiger partial charge is 0.344 e. The molecule has 0 aromatic rings. The van der Waals surface area contributed by atoms with Crippen molar-refractivity contribution < 1.29 is 26.6 Å². The molecular formula is C9H24O6Si3. The Morgan fingerprint density at radius 3 is 1.00 bits per heavy atom.